The summed E-state index contributed by atoms with van der Waals surface area (Å²) in [5.74, 6) is -2.98. The Labute approximate surface area is 187 Å². The highest BCUT2D eigenvalue weighted by Gasteiger charge is 2.24. The fraction of sp³-hybridized carbons (Fsp3) is 0.667. The lowest BCUT2D eigenvalue weighted by Crippen LogP contribution is -2.05. The van der Waals surface area contributed by atoms with Crippen LogP contribution in [0, 0.1) is 40.9 Å². The first kappa shape index (κ1) is 27.8. The maximum atomic E-state index is 13.5. The second-order valence-electron chi connectivity index (χ2n) is 7.71. The van der Waals surface area contributed by atoms with Crippen molar-refractivity contribution >= 4 is 11.8 Å². The summed E-state index contributed by atoms with van der Waals surface area (Å²) in [5.41, 5.74) is -1.06. The van der Waals surface area contributed by atoms with Gasteiger partial charge < -0.3 is 4.74 Å². The topological polar surface area (TPSA) is 9.23 Å². The third kappa shape index (κ3) is 11.2. The third-order valence-electron chi connectivity index (χ3n) is 4.69. The predicted molar refractivity (Wildman–Crippen MR) is 118 cm³/mol. The van der Waals surface area contributed by atoms with Gasteiger partial charge >= 0.3 is 0 Å². The molecule has 0 N–H and O–H groups in total. The Morgan fingerprint density at radius 2 is 1.16 bits per heavy atom. The molecule has 0 aromatic heterocycles. The van der Waals surface area contributed by atoms with E-state index in [1.807, 2.05) is 25.6 Å². The molecule has 0 saturated heterocycles. The molecule has 1 aromatic carbocycles. The summed E-state index contributed by atoms with van der Waals surface area (Å²) < 4.78 is 71.7. The summed E-state index contributed by atoms with van der Waals surface area (Å²) >= 11 is 1.95. The maximum Gasteiger partial charge on any atom is 0.200 e. The van der Waals surface area contributed by atoms with Gasteiger partial charge in [0.1, 0.15) is 5.56 Å². The Kier molecular flexibility index (Phi) is 14.7. The van der Waals surface area contributed by atoms with Crippen LogP contribution in [0.25, 0.3) is 0 Å². The summed E-state index contributed by atoms with van der Waals surface area (Å²) in [6.07, 6.45) is 10.7. The zero-order valence-electron chi connectivity index (χ0n) is 18.5. The van der Waals surface area contributed by atoms with E-state index in [1.165, 1.54) is 37.9 Å². The molecule has 0 aliphatic rings. The molecule has 0 amide bonds. The quantitative estimate of drug-likeness (QED) is 0.0861. The lowest BCUT2D eigenvalue weighted by atomic mass is 10.1. The van der Waals surface area contributed by atoms with Gasteiger partial charge in [-0.2, -0.15) is 11.8 Å². The van der Waals surface area contributed by atoms with Crippen LogP contribution >= 0.6 is 11.8 Å². The Morgan fingerprint density at radius 3 is 1.71 bits per heavy atom. The predicted octanol–water partition coefficient (Wildman–Crippen LogP) is 7.79. The second-order valence-corrected chi connectivity index (χ2v) is 8.94. The SMILES string of the molecule is CC(C)OCCSCCCCCCCCCCCC#Cc1c(F)c(F)c(F)c(F)c1F. The van der Waals surface area contributed by atoms with Crippen molar-refractivity contribution in [3.05, 3.63) is 34.6 Å². The van der Waals surface area contributed by atoms with Crippen LogP contribution in [-0.4, -0.2) is 24.2 Å². The van der Waals surface area contributed by atoms with E-state index in [2.05, 4.69) is 11.8 Å². The van der Waals surface area contributed by atoms with E-state index in [4.69, 9.17) is 4.74 Å². The monoisotopic (exact) mass is 464 g/mol. The molecule has 0 saturated carbocycles. The molecule has 0 heterocycles. The van der Waals surface area contributed by atoms with Crippen LogP contribution < -0.4 is 0 Å². The molecular formula is C24H33F5OS. The first-order chi connectivity index (χ1) is 14.9. The molecule has 0 fully saturated rings. The number of benzene rings is 1. The van der Waals surface area contributed by atoms with Crippen molar-refractivity contribution in [1.82, 2.24) is 0 Å². The van der Waals surface area contributed by atoms with Gasteiger partial charge in [-0.25, -0.2) is 22.0 Å². The highest BCUT2D eigenvalue weighted by molar-refractivity contribution is 7.99. The van der Waals surface area contributed by atoms with Crippen molar-refractivity contribution in [1.29, 1.82) is 0 Å². The molecule has 0 spiro atoms. The number of halogens is 5. The van der Waals surface area contributed by atoms with Gasteiger partial charge in [-0.1, -0.05) is 56.8 Å². The van der Waals surface area contributed by atoms with E-state index in [9.17, 15) is 22.0 Å². The van der Waals surface area contributed by atoms with Crippen molar-refractivity contribution in [2.45, 2.75) is 84.2 Å². The van der Waals surface area contributed by atoms with Gasteiger partial charge in [-0.15, -0.1) is 0 Å². The largest absolute Gasteiger partial charge is 0.378 e. The Bertz CT molecular complexity index is 683. The Morgan fingerprint density at radius 1 is 0.677 bits per heavy atom. The highest BCUT2D eigenvalue weighted by Crippen LogP contribution is 2.22. The molecule has 1 aromatic rings. The van der Waals surface area contributed by atoms with Crippen LogP contribution in [-0.2, 0) is 4.74 Å². The van der Waals surface area contributed by atoms with Crippen LogP contribution in [0.3, 0.4) is 0 Å². The fourth-order valence-electron chi connectivity index (χ4n) is 2.97. The number of hydrogen-bond acceptors (Lipinski definition) is 2. The van der Waals surface area contributed by atoms with Gasteiger partial charge in [0.2, 0.25) is 5.82 Å². The van der Waals surface area contributed by atoms with E-state index < -0.39 is 34.6 Å². The molecule has 0 bridgehead atoms. The lowest BCUT2D eigenvalue weighted by molar-refractivity contribution is 0.0920. The molecule has 7 heteroatoms. The normalized spacial score (nSPS) is 11.1. The summed E-state index contributed by atoms with van der Waals surface area (Å²) in [4.78, 5) is 0. The van der Waals surface area contributed by atoms with Gasteiger partial charge in [0.15, 0.2) is 23.3 Å². The third-order valence-corrected chi connectivity index (χ3v) is 5.73. The number of unbranched alkanes of at least 4 members (excludes halogenated alkanes) is 9. The van der Waals surface area contributed by atoms with Gasteiger partial charge in [0.05, 0.1) is 12.7 Å². The van der Waals surface area contributed by atoms with E-state index in [0.717, 1.165) is 38.0 Å². The molecule has 176 valence electrons. The number of thioether (sulfide) groups is 1. The van der Waals surface area contributed by atoms with Crippen molar-refractivity contribution in [2.24, 2.45) is 0 Å². The lowest BCUT2D eigenvalue weighted by Gasteiger charge is -2.06. The molecule has 0 aliphatic carbocycles. The fourth-order valence-corrected chi connectivity index (χ4v) is 3.79. The highest BCUT2D eigenvalue weighted by atomic mass is 32.2. The molecule has 0 radical (unpaired) electrons. The first-order valence-corrected chi connectivity index (χ1v) is 12.2. The summed E-state index contributed by atoms with van der Waals surface area (Å²) in [6.45, 7) is 4.92. The summed E-state index contributed by atoms with van der Waals surface area (Å²) in [5, 5.41) is 0. The van der Waals surface area contributed by atoms with Crippen molar-refractivity contribution in [3.63, 3.8) is 0 Å². The van der Waals surface area contributed by atoms with Crippen LogP contribution in [0.1, 0.15) is 83.6 Å². The van der Waals surface area contributed by atoms with Gasteiger partial charge in [-0.05, 0) is 32.4 Å². The molecule has 0 atom stereocenters. The van der Waals surface area contributed by atoms with Crippen LogP contribution in [0.4, 0.5) is 22.0 Å². The molecular weight excluding hydrogens is 431 g/mol. The number of hydrogen-bond donors (Lipinski definition) is 0. The second kappa shape index (κ2) is 16.4. The Hall–Kier alpha value is -1.26. The van der Waals surface area contributed by atoms with Gasteiger partial charge in [0.25, 0.3) is 0 Å². The van der Waals surface area contributed by atoms with E-state index in [0.29, 0.717) is 12.5 Å². The standard InChI is InChI=1S/C24H33F5OS/c1-18(2)30-15-17-31-16-13-11-9-7-5-3-4-6-8-10-12-14-19-20(25)22(27)24(29)23(28)21(19)26/h18H,3-11,13,15-17H2,1-2H3. The maximum absolute atomic E-state index is 13.5. The zero-order chi connectivity index (χ0) is 23.1. The first-order valence-electron chi connectivity index (χ1n) is 11.1. The minimum absolute atomic E-state index is 0.306. The smallest absolute Gasteiger partial charge is 0.200 e. The summed E-state index contributed by atoms with van der Waals surface area (Å²) in [7, 11) is 0. The van der Waals surface area contributed by atoms with Crippen LogP contribution in [0.15, 0.2) is 0 Å². The molecule has 31 heavy (non-hydrogen) atoms. The minimum Gasteiger partial charge on any atom is -0.378 e. The molecule has 0 unspecified atom stereocenters. The minimum atomic E-state index is -2.16. The van der Waals surface area contributed by atoms with E-state index >= 15 is 0 Å². The Balaban J connectivity index is 2.02. The van der Waals surface area contributed by atoms with Crippen LogP contribution in [0.2, 0.25) is 0 Å². The molecule has 1 rings (SSSR count). The average molecular weight is 465 g/mol. The molecule has 1 nitrogen and oxygen atoms in total. The molecule has 0 aliphatic heterocycles. The average Bonchev–Trinajstić information content (AvgIpc) is 2.74. The number of rotatable bonds is 15. The van der Waals surface area contributed by atoms with Crippen LogP contribution in [0.5, 0.6) is 0 Å². The zero-order valence-corrected chi connectivity index (χ0v) is 19.3. The van der Waals surface area contributed by atoms with Gasteiger partial charge in [-0.3, -0.25) is 0 Å². The van der Waals surface area contributed by atoms with Crippen molar-refractivity contribution < 1.29 is 26.7 Å². The van der Waals surface area contributed by atoms with Crippen molar-refractivity contribution in [2.75, 3.05) is 18.1 Å². The number of ether oxygens (including phenoxy) is 1. The summed E-state index contributed by atoms with van der Waals surface area (Å²) in [6, 6.07) is 0. The van der Waals surface area contributed by atoms with E-state index in [-0.39, 0.29) is 0 Å². The van der Waals surface area contributed by atoms with Gasteiger partial charge in [0, 0.05) is 12.2 Å². The van der Waals surface area contributed by atoms with E-state index in [1.54, 1.807) is 0 Å². The van der Waals surface area contributed by atoms with Crippen molar-refractivity contribution in [3.8, 4) is 11.8 Å².